The van der Waals surface area contributed by atoms with E-state index < -0.39 is 0 Å². The van der Waals surface area contributed by atoms with Crippen molar-refractivity contribution in [1.29, 1.82) is 0 Å². The first-order valence-corrected chi connectivity index (χ1v) is 11.9. The molecule has 1 amide bonds. The van der Waals surface area contributed by atoms with Crippen LogP contribution in [0.5, 0.6) is 5.75 Å². The van der Waals surface area contributed by atoms with Crippen LogP contribution < -0.4 is 10.1 Å². The van der Waals surface area contributed by atoms with Crippen LogP contribution in [0, 0.1) is 0 Å². The number of nitrogens with zero attached hydrogens (tertiary/aromatic N) is 4. The molecule has 5 rings (SSSR count). The summed E-state index contributed by atoms with van der Waals surface area (Å²) in [7, 11) is 0. The molecule has 0 aliphatic carbocycles. The minimum Gasteiger partial charge on any atom is -0.489 e. The number of pyridine rings is 2. The molecule has 0 saturated heterocycles. The summed E-state index contributed by atoms with van der Waals surface area (Å²) in [6, 6.07) is 25.2. The average Bonchev–Trinajstić information content (AvgIpc) is 3.40. The molecule has 0 unspecified atom stereocenters. The zero-order valence-electron chi connectivity index (χ0n) is 20.1. The zero-order valence-corrected chi connectivity index (χ0v) is 20.1. The molecule has 7 nitrogen and oxygen atoms in total. The van der Waals surface area contributed by atoms with Gasteiger partial charge in [0.2, 0.25) is 5.91 Å². The fourth-order valence-corrected chi connectivity index (χ4v) is 3.72. The number of rotatable bonds is 9. The SMILES string of the molecule is O=C(C=Cc1cn(-c2ccccc2)nc1-c1cccnc1)NCc1ccc(OCc2cccnc2)cc1. The highest BCUT2D eigenvalue weighted by molar-refractivity contribution is 5.92. The van der Waals surface area contributed by atoms with Crippen LogP contribution in [0.2, 0.25) is 0 Å². The molecule has 0 spiro atoms. The van der Waals surface area contributed by atoms with Crippen molar-refractivity contribution in [1.82, 2.24) is 25.1 Å². The summed E-state index contributed by atoms with van der Waals surface area (Å²) in [6.45, 7) is 0.863. The topological polar surface area (TPSA) is 81.9 Å². The Morgan fingerprint density at radius 2 is 1.65 bits per heavy atom. The monoisotopic (exact) mass is 487 g/mol. The van der Waals surface area contributed by atoms with Gasteiger partial charge in [-0.3, -0.25) is 14.8 Å². The second kappa shape index (κ2) is 11.6. The molecule has 0 fully saturated rings. The smallest absolute Gasteiger partial charge is 0.244 e. The maximum absolute atomic E-state index is 12.6. The Bertz CT molecular complexity index is 1470. The standard InChI is InChI=1S/C30H25N5O2/c36-29(33-19-23-10-13-28(14-11-23)37-22-24-6-4-16-31-18-24)15-12-26-21-35(27-8-2-1-3-9-27)34-30(26)25-7-5-17-32-20-25/h1-18,20-21H,19,22H2,(H,33,36). The fraction of sp³-hybridized carbons (Fsp3) is 0.0667. The first-order valence-electron chi connectivity index (χ1n) is 11.9. The van der Waals surface area contributed by atoms with Gasteiger partial charge in [0.25, 0.3) is 0 Å². The summed E-state index contributed by atoms with van der Waals surface area (Å²) >= 11 is 0. The van der Waals surface area contributed by atoms with Crippen LogP contribution >= 0.6 is 0 Å². The first kappa shape index (κ1) is 23.7. The summed E-state index contributed by atoms with van der Waals surface area (Å²) in [5, 5.41) is 7.67. The normalized spacial score (nSPS) is 10.9. The lowest BCUT2D eigenvalue weighted by atomic mass is 10.1. The van der Waals surface area contributed by atoms with E-state index in [-0.39, 0.29) is 5.91 Å². The van der Waals surface area contributed by atoms with Crippen molar-refractivity contribution in [2.75, 3.05) is 0 Å². The number of aromatic nitrogens is 4. The van der Waals surface area contributed by atoms with Crippen molar-refractivity contribution >= 4 is 12.0 Å². The number of hydrogen-bond acceptors (Lipinski definition) is 5. The van der Waals surface area contributed by atoms with Gasteiger partial charge < -0.3 is 10.1 Å². The highest BCUT2D eigenvalue weighted by Gasteiger charge is 2.11. The molecule has 2 aromatic carbocycles. The third-order valence-electron chi connectivity index (χ3n) is 5.63. The highest BCUT2D eigenvalue weighted by Crippen LogP contribution is 2.24. The predicted octanol–water partition coefficient (Wildman–Crippen LogP) is 5.24. The second-order valence-corrected chi connectivity index (χ2v) is 8.30. The Balaban J connectivity index is 1.22. The van der Waals surface area contributed by atoms with E-state index in [1.807, 2.05) is 85.1 Å². The van der Waals surface area contributed by atoms with E-state index in [0.717, 1.165) is 39.4 Å². The Morgan fingerprint density at radius 1 is 0.865 bits per heavy atom. The molecule has 5 aromatic rings. The van der Waals surface area contributed by atoms with E-state index in [1.165, 1.54) is 6.08 Å². The summed E-state index contributed by atoms with van der Waals surface area (Å²) in [5.41, 5.74) is 5.37. The maximum atomic E-state index is 12.6. The van der Waals surface area contributed by atoms with Gasteiger partial charge in [-0.2, -0.15) is 5.10 Å². The molecule has 0 saturated carbocycles. The fourth-order valence-electron chi connectivity index (χ4n) is 3.72. The number of para-hydroxylation sites is 1. The van der Waals surface area contributed by atoms with Crippen LogP contribution in [0.25, 0.3) is 23.0 Å². The molecular formula is C30H25N5O2. The Morgan fingerprint density at radius 3 is 2.38 bits per heavy atom. The predicted molar refractivity (Wildman–Crippen MR) is 143 cm³/mol. The molecule has 0 atom stereocenters. The largest absolute Gasteiger partial charge is 0.489 e. The molecule has 0 radical (unpaired) electrons. The van der Waals surface area contributed by atoms with E-state index in [4.69, 9.17) is 9.84 Å². The average molecular weight is 488 g/mol. The van der Waals surface area contributed by atoms with Crippen molar-refractivity contribution in [3.8, 4) is 22.7 Å². The molecule has 1 N–H and O–H groups in total. The van der Waals surface area contributed by atoms with Crippen molar-refractivity contribution in [2.45, 2.75) is 13.2 Å². The van der Waals surface area contributed by atoms with Gasteiger partial charge in [-0.1, -0.05) is 36.4 Å². The number of amides is 1. The maximum Gasteiger partial charge on any atom is 0.244 e. The molecule has 37 heavy (non-hydrogen) atoms. The van der Waals surface area contributed by atoms with Gasteiger partial charge in [-0.15, -0.1) is 0 Å². The first-order chi connectivity index (χ1) is 18.2. The number of nitrogens with one attached hydrogen (secondary N) is 1. The van der Waals surface area contributed by atoms with E-state index >= 15 is 0 Å². The summed E-state index contributed by atoms with van der Waals surface area (Å²) in [6.07, 6.45) is 12.2. The molecule has 0 aliphatic heterocycles. The van der Waals surface area contributed by atoms with Gasteiger partial charge in [0.05, 0.1) is 5.69 Å². The lowest BCUT2D eigenvalue weighted by Crippen LogP contribution is -2.20. The van der Waals surface area contributed by atoms with Crippen molar-refractivity contribution in [3.05, 3.63) is 133 Å². The van der Waals surface area contributed by atoms with Gasteiger partial charge >= 0.3 is 0 Å². The van der Waals surface area contributed by atoms with Gasteiger partial charge in [0, 0.05) is 60.3 Å². The van der Waals surface area contributed by atoms with Gasteiger partial charge in [0.15, 0.2) is 0 Å². The van der Waals surface area contributed by atoms with Crippen molar-refractivity contribution < 1.29 is 9.53 Å². The molecule has 3 heterocycles. The number of hydrogen-bond donors (Lipinski definition) is 1. The Kier molecular flexibility index (Phi) is 7.42. The van der Waals surface area contributed by atoms with Crippen LogP contribution in [0.1, 0.15) is 16.7 Å². The summed E-state index contributed by atoms with van der Waals surface area (Å²) in [4.78, 5) is 20.9. The van der Waals surface area contributed by atoms with Gasteiger partial charge in [-0.25, -0.2) is 4.68 Å². The zero-order chi connectivity index (χ0) is 25.3. The lowest BCUT2D eigenvalue weighted by Gasteiger charge is -2.07. The molecule has 0 bridgehead atoms. The molecule has 7 heteroatoms. The van der Waals surface area contributed by atoms with Gasteiger partial charge in [-0.05, 0) is 54.1 Å². The highest BCUT2D eigenvalue weighted by atomic mass is 16.5. The van der Waals surface area contributed by atoms with Crippen LogP contribution in [0.3, 0.4) is 0 Å². The van der Waals surface area contributed by atoms with Crippen LogP contribution in [-0.4, -0.2) is 25.7 Å². The van der Waals surface area contributed by atoms with E-state index in [2.05, 4.69) is 15.3 Å². The second-order valence-electron chi connectivity index (χ2n) is 8.30. The van der Waals surface area contributed by atoms with E-state index in [1.54, 1.807) is 35.5 Å². The molecular weight excluding hydrogens is 462 g/mol. The third-order valence-corrected chi connectivity index (χ3v) is 5.63. The number of carbonyl (C=O) groups excluding carboxylic acids is 1. The molecule has 3 aromatic heterocycles. The quantitative estimate of drug-likeness (QED) is 0.288. The van der Waals surface area contributed by atoms with Gasteiger partial charge in [0.1, 0.15) is 18.1 Å². The number of ether oxygens (including phenoxy) is 1. The van der Waals surface area contributed by atoms with E-state index in [9.17, 15) is 4.79 Å². The van der Waals surface area contributed by atoms with E-state index in [0.29, 0.717) is 13.2 Å². The minimum atomic E-state index is -0.193. The number of benzene rings is 2. The van der Waals surface area contributed by atoms with Crippen molar-refractivity contribution in [2.24, 2.45) is 0 Å². The summed E-state index contributed by atoms with van der Waals surface area (Å²) < 4.78 is 7.59. The molecule has 0 aliphatic rings. The number of carbonyl (C=O) groups is 1. The third kappa shape index (κ3) is 6.35. The van der Waals surface area contributed by atoms with Crippen LogP contribution in [0.4, 0.5) is 0 Å². The Hall–Kier alpha value is -5.04. The van der Waals surface area contributed by atoms with Crippen LogP contribution in [-0.2, 0) is 17.9 Å². The minimum absolute atomic E-state index is 0.193. The summed E-state index contributed by atoms with van der Waals surface area (Å²) in [5.74, 6) is 0.568. The van der Waals surface area contributed by atoms with Crippen molar-refractivity contribution in [3.63, 3.8) is 0 Å². The van der Waals surface area contributed by atoms with Crippen LogP contribution in [0.15, 0.2) is 116 Å². The Labute approximate surface area is 215 Å². The lowest BCUT2D eigenvalue weighted by molar-refractivity contribution is -0.116. The molecule has 182 valence electrons.